The van der Waals surface area contributed by atoms with Crippen molar-refractivity contribution in [3.8, 4) is 0 Å². The van der Waals surface area contributed by atoms with E-state index in [1.165, 1.54) is 0 Å². The number of rotatable bonds is 2. The van der Waals surface area contributed by atoms with Crippen molar-refractivity contribution in [3.05, 3.63) is 52.4 Å². The summed E-state index contributed by atoms with van der Waals surface area (Å²) in [4.78, 5) is 12.1. The fraction of sp³-hybridized carbons (Fsp3) is 0.176. The number of urea groups is 1. The molecule has 0 fully saturated rings. The Morgan fingerprint density at radius 2 is 1.96 bits per heavy atom. The number of hydrogen-bond donors (Lipinski definition) is 2. The summed E-state index contributed by atoms with van der Waals surface area (Å²) >= 11 is 5.78. The van der Waals surface area contributed by atoms with E-state index in [0.29, 0.717) is 11.3 Å². The summed E-state index contributed by atoms with van der Waals surface area (Å²) in [6.45, 7) is 3.65. The molecule has 2 aromatic carbocycles. The van der Waals surface area contributed by atoms with E-state index in [2.05, 4.69) is 15.7 Å². The third-order valence-electron chi connectivity index (χ3n) is 3.88. The molecule has 0 aliphatic rings. The highest BCUT2D eigenvalue weighted by atomic mass is 35.5. The Morgan fingerprint density at radius 3 is 2.67 bits per heavy atom. The zero-order valence-electron chi connectivity index (χ0n) is 13.4. The van der Waals surface area contributed by atoms with Gasteiger partial charge in [0.2, 0.25) is 0 Å². The number of amides is 2. The van der Waals surface area contributed by atoms with Crippen LogP contribution in [-0.4, -0.2) is 15.8 Å². The van der Waals surface area contributed by atoms with E-state index < -0.39 is 11.8 Å². The molecule has 0 aliphatic carbocycles. The SMILES string of the molecule is Cc1cc(Cl)cc(F)c1NC(=O)Nc1ccc2c(C)n(C)nc2c1. The molecule has 0 unspecified atom stereocenters. The second-order valence-electron chi connectivity index (χ2n) is 5.60. The molecular weight excluding hydrogens is 331 g/mol. The van der Waals surface area contributed by atoms with Gasteiger partial charge in [-0.25, -0.2) is 9.18 Å². The molecule has 3 aromatic rings. The van der Waals surface area contributed by atoms with Gasteiger partial charge in [-0.05, 0) is 49.7 Å². The number of nitrogens with one attached hydrogen (secondary N) is 2. The first-order valence-corrected chi connectivity index (χ1v) is 7.70. The van der Waals surface area contributed by atoms with E-state index in [1.807, 2.05) is 20.0 Å². The number of carbonyl (C=O) groups is 1. The highest BCUT2D eigenvalue weighted by Gasteiger charge is 2.12. The van der Waals surface area contributed by atoms with Gasteiger partial charge < -0.3 is 10.6 Å². The summed E-state index contributed by atoms with van der Waals surface area (Å²) < 4.78 is 15.7. The zero-order chi connectivity index (χ0) is 17.4. The van der Waals surface area contributed by atoms with Crippen LogP contribution in [0.5, 0.6) is 0 Å². The van der Waals surface area contributed by atoms with Gasteiger partial charge in [0, 0.05) is 28.8 Å². The number of carbonyl (C=O) groups excluding carboxylic acids is 1. The van der Waals surface area contributed by atoms with Gasteiger partial charge >= 0.3 is 6.03 Å². The van der Waals surface area contributed by atoms with Crippen molar-refractivity contribution in [2.75, 3.05) is 10.6 Å². The second kappa shape index (κ2) is 6.13. The molecule has 0 saturated carbocycles. The number of halogens is 2. The predicted octanol–water partition coefficient (Wildman–Crippen LogP) is 4.63. The molecule has 0 bridgehead atoms. The molecule has 0 radical (unpaired) electrons. The number of hydrogen-bond acceptors (Lipinski definition) is 2. The van der Waals surface area contributed by atoms with Crippen molar-refractivity contribution >= 4 is 39.9 Å². The summed E-state index contributed by atoms with van der Waals surface area (Å²) in [7, 11) is 1.86. The van der Waals surface area contributed by atoms with E-state index in [9.17, 15) is 9.18 Å². The molecule has 24 heavy (non-hydrogen) atoms. The quantitative estimate of drug-likeness (QED) is 0.711. The van der Waals surface area contributed by atoms with Gasteiger partial charge in [0.05, 0.1) is 11.2 Å². The lowest BCUT2D eigenvalue weighted by Gasteiger charge is -2.11. The van der Waals surface area contributed by atoms with E-state index >= 15 is 0 Å². The van der Waals surface area contributed by atoms with Crippen LogP contribution in [0.2, 0.25) is 5.02 Å². The second-order valence-corrected chi connectivity index (χ2v) is 6.04. The highest BCUT2D eigenvalue weighted by Crippen LogP contribution is 2.25. The van der Waals surface area contributed by atoms with Crippen LogP contribution in [0.1, 0.15) is 11.3 Å². The van der Waals surface area contributed by atoms with Gasteiger partial charge in [0.25, 0.3) is 0 Å². The van der Waals surface area contributed by atoms with Crippen LogP contribution in [-0.2, 0) is 7.05 Å². The van der Waals surface area contributed by atoms with Crippen molar-refractivity contribution in [3.63, 3.8) is 0 Å². The van der Waals surface area contributed by atoms with Gasteiger partial charge in [-0.2, -0.15) is 5.10 Å². The molecule has 0 spiro atoms. The molecule has 0 atom stereocenters. The number of nitrogens with zero attached hydrogens (tertiary/aromatic N) is 2. The Bertz CT molecular complexity index is 928. The first kappa shape index (κ1) is 16.3. The van der Waals surface area contributed by atoms with Gasteiger partial charge in [-0.3, -0.25) is 4.68 Å². The minimum atomic E-state index is -0.578. The minimum Gasteiger partial charge on any atom is -0.308 e. The number of aryl methyl sites for hydroxylation is 3. The van der Waals surface area contributed by atoms with E-state index in [0.717, 1.165) is 22.7 Å². The molecule has 1 aromatic heterocycles. The van der Waals surface area contributed by atoms with Gasteiger partial charge in [-0.1, -0.05) is 11.6 Å². The lowest BCUT2D eigenvalue weighted by Crippen LogP contribution is -2.20. The van der Waals surface area contributed by atoms with Gasteiger partial charge in [0.15, 0.2) is 0 Å². The summed E-state index contributed by atoms with van der Waals surface area (Å²) in [6.07, 6.45) is 0. The summed E-state index contributed by atoms with van der Waals surface area (Å²) in [6, 6.07) is 7.65. The van der Waals surface area contributed by atoms with Crippen molar-refractivity contribution in [1.82, 2.24) is 9.78 Å². The predicted molar refractivity (Wildman–Crippen MR) is 94.2 cm³/mol. The monoisotopic (exact) mass is 346 g/mol. The maximum absolute atomic E-state index is 13.9. The first-order chi connectivity index (χ1) is 11.3. The fourth-order valence-electron chi connectivity index (χ4n) is 2.55. The van der Waals surface area contributed by atoms with Crippen LogP contribution in [0.15, 0.2) is 30.3 Å². The molecule has 0 aliphatic heterocycles. The molecule has 0 saturated heterocycles. The fourth-order valence-corrected chi connectivity index (χ4v) is 2.80. The van der Waals surface area contributed by atoms with Crippen molar-refractivity contribution in [2.24, 2.45) is 7.05 Å². The first-order valence-electron chi connectivity index (χ1n) is 7.32. The smallest absolute Gasteiger partial charge is 0.308 e. The maximum Gasteiger partial charge on any atom is 0.323 e. The Kier molecular flexibility index (Phi) is 4.15. The van der Waals surface area contributed by atoms with Crippen molar-refractivity contribution in [1.29, 1.82) is 0 Å². The van der Waals surface area contributed by atoms with Crippen LogP contribution < -0.4 is 10.6 Å². The van der Waals surface area contributed by atoms with Crippen LogP contribution in [0.4, 0.5) is 20.6 Å². The third kappa shape index (κ3) is 3.05. The molecule has 1 heterocycles. The molecular formula is C17H16ClFN4O. The van der Waals surface area contributed by atoms with E-state index in [4.69, 9.17) is 11.6 Å². The zero-order valence-corrected chi connectivity index (χ0v) is 14.2. The number of benzene rings is 2. The Balaban J connectivity index is 1.80. The van der Waals surface area contributed by atoms with E-state index in [1.54, 1.807) is 29.8 Å². The number of aromatic nitrogens is 2. The average Bonchev–Trinajstić information content (AvgIpc) is 2.77. The largest absolute Gasteiger partial charge is 0.323 e. The summed E-state index contributed by atoms with van der Waals surface area (Å²) in [5, 5.41) is 10.9. The van der Waals surface area contributed by atoms with Crippen LogP contribution in [0, 0.1) is 19.7 Å². The van der Waals surface area contributed by atoms with Crippen molar-refractivity contribution < 1.29 is 9.18 Å². The standard InChI is InChI=1S/C17H16ClFN4O/c1-9-6-11(18)7-14(19)16(9)21-17(24)20-12-4-5-13-10(2)23(3)22-15(13)8-12/h4-8H,1-3H3,(H2,20,21,24). The normalized spacial score (nSPS) is 10.9. The number of anilines is 2. The maximum atomic E-state index is 13.9. The highest BCUT2D eigenvalue weighted by molar-refractivity contribution is 6.30. The molecule has 5 nitrogen and oxygen atoms in total. The van der Waals surface area contributed by atoms with Crippen LogP contribution in [0.25, 0.3) is 10.9 Å². The van der Waals surface area contributed by atoms with Crippen LogP contribution >= 0.6 is 11.6 Å². The molecule has 7 heteroatoms. The van der Waals surface area contributed by atoms with Gasteiger partial charge in [-0.15, -0.1) is 0 Å². The lowest BCUT2D eigenvalue weighted by atomic mass is 10.2. The Hall–Kier alpha value is -2.60. The lowest BCUT2D eigenvalue weighted by molar-refractivity contribution is 0.262. The Morgan fingerprint density at radius 1 is 1.21 bits per heavy atom. The van der Waals surface area contributed by atoms with Crippen molar-refractivity contribution in [2.45, 2.75) is 13.8 Å². The molecule has 124 valence electrons. The number of fused-ring (bicyclic) bond motifs is 1. The Labute approximate surface area is 143 Å². The summed E-state index contributed by atoms with van der Waals surface area (Å²) in [5.74, 6) is -0.578. The third-order valence-corrected chi connectivity index (χ3v) is 4.10. The van der Waals surface area contributed by atoms with E-state index in [-0.39, 0.29) is 10.7 Å². The topological polar surface area (TPSA) is 59.0 Å². The molecule has 2 amide bonds. The molecule has 3 rings (SSSR count). The molecule has 2 N–H and O–H groups in total. The summed E-state index contributed by atoms with van der Waals surface area (Å²) in [5.41, 5.74) is 3.05. The minimum absolute atomic E-state index is 0.103. The average molecular weight is 347 g/mol. The van der Waals surface area contributed by atoms with Crippen LogP contribution in [0.3, 0.4) is 0 Å². The van der Waals surface area contributed by atoms with Gasteiger partial charge in [0.1, 0.15) is 5.82 Å².